The lowest BCUT2D eigenvalue weighted by Crippen LogP contribution is -2.40. The highest BCUT2D eigenvalue weighted by atomic mass is 35.5. The van der Waals surface area contributed by atoms with Crippen molar-refractivity contribution in [1.29, 1.82) is 0 Å². The van der Waals surface area contributed by atoms with Gasteiger partial charge in [-0.15, -0.1) is 0 Å². The van der Waals surface area contributed by atoms with Crippen LogP contribution in [-0.2, 0) is 16.6 Å². The number of pyridine rings is 1. The molecule has 1 aliphatic rings. The Hall–Kier alpha value is -0.400. The Morgan fingerprint density at radius 3 is 2.90 bits per heavy atom. The first-order valence-corrected chi connectivity index (χ1v) is 8.96. The minimum Gasteiger partial charge on any atom is -0.310 e. The second-order valence-electron chi connectivity index (χ2n) is 4.88. The van der Waals surface area contributed by atoms with Gasteiger partial charge in [-0.25, -0.2) is 8.42 Å². The zero-order valence-electron chi connectivity index (χ0n) is 11.1. The maximum absolute atomic E-state index is 11.6. The van der Waals surface area contributed by atoms with Crippen LogP contribution in [0.1, 0.15) is 18.5 Å². The molecule has 112 valence electrons. The SMILES string of the molecule is CS(=O)(=O)N1CCC[C@@H]1CNCc1ncc(Cl)cc1Cl. The number of nitrogens with zero attached hydrogens (tertiary/aromatic N) is 2. The Kier molecular flexibility index (Phi) is 5.25. The van der Waals surface area contributed by atoms with E-state index in [2.05, 4.69) is 10.3 Å². The van der Waals surface area contributed by atoms with Crippen LogP contribution in [0.3, 0.4) is 0 Å². The van der Waals surface area contributed by atoms with Crippen LogP contribution >= 0.6 is 23.2 Å². The third-order valence-electron chi connectivity index (χ3n) is 3.31. The highest BCUT2D eigenvalue weighted by Crippen LogP contribution is 2.21. The van der Waals surface area contributed by atoms with Crippen LogP contribution in [0.5, 0.6) is 0 Å². The summed E-state index contributed by atoms with van der Waals surface area (Å²) in [7, 11) is -3.13. The van der Waals surface area contributed by atoms with Crippen molar-refractivity contribution < 1.29 is 8.42 Å². The van der Waals surface area contributed by atoms with Crippen LogP contribution in [0.25, 0.3) is 0 Å². The van der Waals surface area contributed by atoms with Gasteiger partial charge in [0.25, 0.3) is 0 Å². The van der Waals surface area contributed by atoms with E-state index in [1.165, 1.54) is 6.26 Å². The highest BCUT2D eigenvalue weighted by molar-refractivity contribution is 7.88. The third-order valence-corrected chi connectivity index (χ3v) is 5.17. The molecule has 0 aliphatic carbocycles. The monoisotopic (exact) mass is 337 g/mol. The summed E-state index contributed by atoms with van der Waals surface area (Å²) in [6.45, 7) is 1.68. The van der Waals surface area contributed by atoms with Crippen molar-refractivity contribution in [2.24, 2.45) is 0 Å². The summed E-state index contributed by atoms with van der Waals surface area (Å²) >= 11 is 11.8. The van der Waals surface area contributed by atoms with E-state index < -0.39 is 10.0 Å². The van der Waals surface area contributed by atoms with E-state index >= 15 is 0 Å². The molecule has 5 nitrogen and oxygen atoms in total. The molecule has 1 aliphatic heterocycles. The van der Waals surface area contributed by atoms with Crippen molar-refractivity contribution in [3.05, 3.63) is 28.0 Å². The molecule has 1 aromatic heterocycles. The van der Waals surface area contributed by atoms with Crippen molar-refractivity contribution in [3.8, 4) is 0 Å². The van der Waals surface area contributed by atoms with Gasteiger partial charge in [-0.1, -0.05) is 23.2 Å². The van der Waals surface area contributed by atoms with Gasteiger partial charge in [0.05, 0.1) is 22.0 Å². The number of rotatable bonds is 5. The van der Waals surface area contributed by atoms with Gasteiger partial charge in [0.1, 0.15) is 0 Å². The quantitative estimate of drug-likeness (QED) is 0.891. The van der Waals surface area contributed by atoms with Crippen LogP contribution in [0.15, 0.2) is 12.3 Å². The van der Waals surface area contributed by atoms with Crippen molar-refractivity contribution in [3.63, 3.8) is 0 Å². The van der Waals surface area contributed by atoms with Crippen molar-refractivity contribution >= 4 is 33.2 Å². The second-order valence-corrected chi connectivity index (χ2v) is 7.66. The van der Waals surface area contributed by atoms with Crippen molar-refractivity contribution in [2.75, 3.05) is 19.3 Å². The van der Waals surface area contributed by atoms with Crippen LogP contribution in [0.2, 0.25) is 10.0 Å². The van der Waals surface area contributed by atoms with Crippen LogP contribution < -0.4 is 5.32 Å². The minimum absolute atomic E-state index is 0.0103. The molecule has 0 aromatic carbocycles. The van der Waals surface area contributed by atoms with E-state index in [0.29, 0.717) is 35.4 Å². The summed E-state index contributed by atoms with van der Waals surface area (Å²) in [6.07, 6.45) is 4.58. The lowest BCUT2D eigenvalue weighted by Gasteiger charge is -2.22. The number of nitrogens with one attached hydrogen (secondary N) is 1. The first-order valence-electron chi connectivity index (χ1n) is 6.35. The molecule has 0 radical (unpaired) electrons. The molecule has 1 aromatic rings. The number of halogens is 2. The lowest BCUT2D eigenvalue weighted by molar-refractivity contribution is 0.374. The van der Waals surface area contributed by atoms with Crippen molar-refractivity contribution in [2.45, 2.75) is 25.4 Å². The summed E-state index contributed by atoms with van der Waals surface area (Å²) in [4.78, 5) is 4.15. The maximum Gasteiger partial charge on any atom is 0.211 e. The molecular formula is C12H17Cl2N3O2S. The molecule has 0 saturated carbocycles. The number of sulfonamides is 1. The van der Waals surface area contributed by atoms with Gasteiger partial charge in [-0.3, -0.25) is 4.98 Å². The predicted molar refractivity (Wildman–Crippen MR) is 80.5 cm³/mol. The normalized spacial score (nSPS) is 20.4. The van der Waals surface area contributed by atoms with Crippen LogP contribution in [0.4, 0.5) is 0 Å². The third kappa shape index (κ3) is 4.05. The van der Waals surface area contributed by atoms with Crippen molar-refractivity contribution in [1.82, 2.24) is 14.6 Å². The molecule has 1 atom stereocenters. The standard InChI is InChI=1S/C12H17Cl2N3O2S/c1-20(18,19)17-4-2-3-10(17)7-15-8-12-11(14)5-9(13)6-16-12/h5-6,10,15H,2-4,7-8H2,1H3/t10-/m1/s1. The molecule has 0 unspecified atom stereocenters. The largest absolute Gasteiger partial charge is 0.310 e. The van der Waals surface area contributed by atoms with E-state index in [1.807, 2.05) is 0 Å². The van der Waals surface area contributed by atoms with Gasteiger partial charge in [-0.05, 0) is 18.9 Å². The van der Waals surface area contributed by atoms with E-state index in [-0.39, 0.29) is 6.04 Å². The molecule has 0 bridgehead atoms. The minimum atomic E-state index is -3.13. The molecule has 2 rings (SSSR count). The van der Waals surface area contributed by atoms with E-state index in [1.54, 1.807) is 16.6 Å². The fourth-order valence-corrected chi connectivity index (χ4v) is 4.01. The second kappa shape index (κ2) is 6.58. The van der Waals surface area contributed by atoms with Gasteiger partial charge in [0.15, 0.2) is 0 Å². The average Bonchev–Trinajstić information content (AvgIpc) is 2.80. The lowest BCUT2D eigenvalue weighted by atomic mass is 10.2. The molecule has 1 fully saturated rings. The van der Waals surface area contributed by atoms with Gasteiger partial charge in [0, 0.05) is 31.9 Å². The van der Waals surface area contributed by atoms with E-state index in [4.69, 9.17) is 23.2 Å². The number of hydrogen-bond donors (Lipinski definition) is 1. The first kappa shape index (κ1) is 16.0. The van der Waals surface area contributed by atoms with Crippen LogP contribution in [-0.4, -0.2) is 43.1 Å². The maximum atomic E-state index is 11.6. The smallest absolute Gasteiger partial charge is 0.211 e. The molecule has 0 spiro atoms. The molecule has 1 N–H and O–H groups in total. The average molecular weight is 338 g/mol. The summed E-state index contributed by atoms with van der Waals surface area (Å²) in [5, 5.41) is 4.22. The summed E-state index contributed by atoms with van der Waals surface area (Å²) < 4.78 is 24.8. The fraction of sp³-hybridized carbons (Fsp3) is 0.583. The van der Waals surface area contributed by atoms with E-state index in [9.17, 15) is 8.42 Å². The van der Waals surface area contributed by atoms with Crippen LogP contribution in [0, 0.1) is 0 Å². The van der Waals surface area contributed by atoms with Gasteiger partial charge < -0.3 is 5.32 Å². The Morgan fingerprint density at radius 2 is 2.25 bits per heavy atom. The molecule has 1 saturated heterocycles. The molecule has 8 heteroatoms. The zero-order chi connectivity index (χ0) is 14.8. The highest BCUT2D eigenvalue weighted by Gasteiger charge is 2.30. The topological polar surface area (TPSA) is 62.3 Å². The molecule has 20 heavy (non-hydrogen) atoms. The summed E-state index contributed by atoms with van der Waals surface area (Å²) in [5.74, 6) is 0. The fourth-order valence-electron chi connectivity index (χ4n) is 2.38. The zero-order valence-corrected chi connectivity index (χ0v) is 13.5. The predicted octanol–water partition coefficient (Wildman–Crippen LogP) is 1.90. The molecular weight excluding hydrogens is 321 g/mol. The van der Waals surface area contributed by atoms with Gasteiger partial charge >= 0.3 is 0 Å². The number of aromatic nitrogens is 1. The van der Waals surface area contributed by atoms with Gasteiger partial charge in [-0.2, -0.15) is 4.31 Å². The Morgan fingerprint density at radius 1 is 1.50 bits per heavy atom. The summed E-state index contributed by atoms with van der Waals surface area (Å²) in [5.41, 5.74) is 0.708. The number of hydrogen-bond acceptors (Lipinski definition) is 4. The molecule has 0 amide bonds. The van der Waals surface area contributed by atoms with Gasteiger partial charge in [0.2, 0.25) is 10.0 Å². The first-order chi connectivity index (χ1) is 9.38. The Balaban J connectivity index is 1.89. The molecule has 2 heterocycles. The Labute approximate surface area is 129 Å². The van der Waals surface area contributed by atoms with E-state index in [0.717, 1.165) is 12.8 Å². The summed E-state index contributed by atoms with van der Waals surface area (Å²) in [6, 6.07) is 1.65. The Bertz CT molecular complexity index is 580.